The van der Waals surface area contributed by atoms with Crippen LogP contribution < -0.4 is 16.9 Å². The third-order valence-corrected chi connectivity index (χ3v) is 4.70. The van der Waals surface area contributed by atoms with Gasteiger partial charge in [0, 0.05) is 42.3 Å². The first-order chi connectivity index (χ1) is 13.3. The SMILES string of the molecule is Cc1nn(C)c(=O)n(C)c1=O.Cc1nn(C)c(=O)n1C.Cc1nn(C)c(=S)n1C. The van der Waals surface area contributed by atoms with Crippen molar-refractivity contribution in [3.63, 3.8) is 0 Å². The minimum atomic E-state index is -0.402. The lowest BCUT2D eigenvalue weighted by atomic mass is 10.5. The first kappa shape index (κ1) is 23.9. The largest absolute Gasteiger partial charge is 0.346 e. The van der Waals surface area contributed by atoms with Crippen molar-refractivity contribution < 1.29 is 0 Å². The van der Waals surface area contributed by atoms with E-state index >= 15 is 0 Å². The zero-order chi connectivity index (χ0) is 22.6. The van der Waals surface area contributed by atoms with Crippen molar-refractivity contribution in [2.24, 2.45) is 42.3 Å². The van der Waals surface area contributed by atoms with Gasteiger partial charge in [0.15, 0.2) is 4.77 Å². The van der Waals surface area contributed by atoms with E-state index in [9.17, 15) is 14.4 Å². The van der Waals surface area contributed by atoms with Crippen LogP contribution in [-0.4, -0.2) is 43.0 Å². The lowest BCUT2D eigenvalue weighted by molar-refractivity contribution is 0.587. The van der Waals surface area contributed by atoms with Crippen molar-refractivity contribution in [1.29, 1.82) is 0 Å². The minimum absolute atomic E-state index is 0.0764. The standard InChI is InChI=1S/C6H9N3O2.C5H9N3O.C5H9N3S/c1-4-5(10)8(2)6(11)9(3)7-4;2*1-4-6-8(3)5(9)7(4)2/h1-3H3;2*1-3H3. The van der Waals surface area contributed by atoms with E-state index in [0.717, 1.165) is 25.7 Å². The molecule has 29 heavy (non-hydrogen) atoms. The van der Waals surface area contributed by atoms with Gasteiger partial charge in [0.1, 0.15) is 17.3 Å². The number of nitrogens with zero attached hydrogens (tertiary/aromatic N) is 9. The summed E-state index contributed by atoms with van der Waals surface area (Å²) >= 11 is 4.98. The van der Waals surface area contributed by atoms with Crippen molar-refractivity contribution in [2.45, 2.75) is 20.8 Å². The molecule has 0 bridgehead atoms. The maximum atomic E-state index is 11.0. The van der Waals surface area contributed by atoms with Gasteiger partial charge in [-0.05, 0) is 33.0 Å². The van der Waals surface area contributed by atoms with E-state index in [1.54, 1.807) is 32.6 Å². The molecule has 0 spiro atoms. The van der Waals surface area contributed by atoms with E-state index in [1.807, 2.05) is 25.6 Å². The number of hydrogen-bond donors (Lipinski definition) is 0. The molecule has 0 fully saturated rings. The van der Waals surface area contributed by atoms with Crippen LogP contribution in [0.25, 0.3) is 0 Å². The van der Waals surface area contributed by atoms with Gasteiger partial charge in [0.2, 0.25) is 0 Å². The van der Waals surface area contributed by atoms with Crippen molar-refractivity contribution in [3.05, 3.63) is 53.4 Å². The Morgan fingerprint density at radius 2 is 1.03 bits per heavy atom. The normalized spacial score (nSPS) is 10.1. The third kappa shape index (κ3) is 5.47. The van der Waals surface area contributed by atoms with Crippen LogP contribution in [0.3, 0.4) is 0 Å². The zero-order valence-corrected chi connectivity index (χ0v) is 19.0. The molecular formula is C16H27N9O3S. The molecule has 3 aromatic rings. The third-order valence-electron chi connectivity index (χ3n) is 4.17. The highest BCUT2D eigenvalue weighted by atomic mass is 32.1. The number of hydrogen-bond acceptors (Lipinski definition) is 7. The fraction of sp³-hybridized carbons (Fsp3) is 0.562. The average Bonchev–Trinajstić information content (AvgIpc) is 3.02. The fourth-order valence-corrected chi connectivity index (χ4v) is 2.40. The Morgan fingerprint density at radius 1 is 0.621 bits per heavy atom. The van der Waals surface area contributed by atoms with Crippen LogP contribution in [0.15, 0.2) is 14.4 Å². The molecule has 12 nitrogen and oxygen atoms in total. The average molecular weight is 426 g/mol. The van der Waals surface area contributed by atoms with E-state index in [2.05, 4.69) is 15.3 Å². The van der Waals surface area contributed by atoms with Crippen molar-refractivity contribution in [2.75, 3.05) is 0 Å². The quantitative estimate of drug-likeness (QED) is 0.424. The number of rotatable bonds is 0. The summed E-state index contributed by atoms with van der Waals surface area (Å²) in [7, 11) is 10.0. The summed E-state index contributed by atoms with van der Waals surface area (Å²) in [6, 6.07) is 0. The second-order valence-electron chi connectivity index (χ2n) is 6.38. The van der Waals surface area contributed by atoms with Crippen molar-refractivity contribution >= 4 is 12.2 Å². The van der Waals surface area contributed by atoms with Gasteiger partial charge in [-0.25, -0.2) is 23.6 Å². The molecule has 3 aromatic heterocycles. The van der Waals surface area contributed by atoms with Gasteiger partial charge in [0.05, 0.1) is 0 Å². The maximum absolute atomic E-state index is 11.0. The lowest BCUT2D eigenvalue weighted by Crippen LogP contribution is -2.39. The highest BCUT2D eigenvalue weighted by Gasteiger charge is 2.02. The highest BCUT2D eigenvalue weighted by Crippen LogP contribution is 1.92. The van der Waals surface area contributed by atoms with Crippen molar-refractivity contribution in [3.8, 4) is 0 Å². The molecule has 0 aliphatic carbocycles. The van der Waals surface area contributed by atoms with Crippen LogP contribution >= 0.6 is 12.2 Å². The van der Waals surface area contributed by atoms with Crippen LogP contribution in [0, 0.1) is 25.5 Å². The molecule has 0 unspecified atom stereocenters. The van der Waals surface area contributed by atoms with Gasteiger partial charge in [-0.2, -0.15) is 15.3 Å². The Morgan fingerprint density at radius 3 is 1.31 bits per heavy atom. The number of aryl methyl sites for hydroxylation is 6. The van der Waals surface area contributed by atoms with E-state index in [-0.39, 0.29) is 11.2 Å². The van der Waals surface area contributed by atoms with E-state index in [1.165, 1.54) is 23.3 Å². The van der Waals surface area contributed by atoms with Gasteiger partial charge < -0.3 is 4.57 Å². The first-order valence-corrected chi connectivity index (χ1v) is 8.94. The van der Waals surface area contributed by atoms with Crippen LogP contribution in [0.4, 0.5) is 0 Å². The molecule has 13 heteroatoms. The summed E-state index contributed by atoms with van der Waals surface area (Å²) in [5, 5.41) is 11.7. The molecule has 0 aromatic carbocycles. The van der Waals surface area contributed by atoms with Gasteiger partial charge in [-0.3, -0.25) is 13.9 Å². The molecule has 3 rings (SSSR count). The zero-order valence-electron chi connectivity index (χ0n) is 18.2. The van der Waals surface area contributed by atoms with Crippen LogP contribution in [0.2, 0.25) is 0 Å². The second-order valence-corrected chi connectivity index (χ2v) is 6.75. The van der Waals surface area contributed by atoms with Crippen LogP contribution in [0.5, 0.6) is 0 Å². The minimum Gasteiger partial charge on any atom is -0.307 e. The van der Waals surface area contributed by atoms with E-state index < -0.39 is 5.69 Å². The van der Waals surface area contributed by atoms with Crippen LogP contribution in [-0.2, 0) is 42.3 Å². The smallest absolute Gasteiger partial charge is 0.307 e. The molecule has 0 aliphatic rings. The Balaban J connectivity index is 0.000000219. The predicted molar refractivity (Wildman–Crippen MR) is 110 cm³/mol. The maximum Gasteiger partial charge on any atom is 0.346 e. The van der Waals surface area contributed by atoms with E-state index in [4.69, 9.17) is 12.2 Å². The first-order valence-electron chi connectivity index (χ1n) is 8.53. The summed E-state index contributed by atoms with van der Waals surface area (Å²) < 4.78 is 9.29. The van der Waals surface area contributed by atoms with Gasteiger partial charge in [0.25, 0.3) is 5.56 Å². The molecule has 0 atom stereocenters. The van der Waals surface area contributed by atoms with Crippen LogP contribution in [0.1, 0.15) is 17.3 Å². The molecule has 0 saturated carbocycles. The Bertz CT molecular complexity index is 1140. The molecule has 0 saturated heterocycles. The second kappa shape index (κ2) is 9.41. The summed E-state index contributed by atoms with van der Waals surface area (Å²) in [6.07, 6.45) is 0. The summed E-state index contributed by atoms with van der Waals surface area (Å²) in [5.74, 6) is 1.69. The van der Waals surface area contributed by atoms with Gasteiger partial charge >= 0.3 is 11.4 Å². The van der Waals surface area contributed by atoms with E-state index in [0.29, 0.717) is 5.69 Å². The fourth-order valence-electron chi connectivity index (χ4n) is 2.22. The molecule has 0 aliphatic heterocycles. The van der Waals surface area contributed by atoms with Gasteiger partial charge in [-0.15, -0.1) is 0 Å². The topological polar surface area (TPSA) is 119 Å². The Hall–Kier alpha value is -3.09. The highest BCUT2D eigenvalue weighted by molar-refractivity contribution is 7.71. The lowest BCUT2D eigenvalue weighted by Gasteiger charge is -2.00. The monoisotopic (exact) mass is 425 g/mol. The Labute approximate surface area is 172 Å². The molecule has 0 radical (unpaired) electrons. The Kier molecular flexibility index (Phi) is 7.77. The summed E-state index contributed by atoms with van der Waals surface area (Å²) in [5.41, 5.74) is -0.490. The predicted octanol–water partition coefficient (Wildman–Crippen LogP) is -0.989. The summed E-state index contributed by atoms with van der Waals surface area (Å²) in [6.45, 7) is 5.29. The molecule has 0 amide bonds. The molecule has 0 N–H and O–H groups in total. The summed E-state index contributed by atoms with van der Waals surface area (Å²) in [4.78, 5) is 32.9. The molecule has 3 heterocycles. The van der Waals surface area contributed by atoms with Crippen molar-refractivity contribution in [1.82, 2.24) is 43.0 Å². The molecule has 160 valence electrons. The number of aromatic nitrogens is 9. The molecular weight excluding hydrogens is 398 g/mol. The van der Waals surface area contributed by atoms with Gasteiger partial charge in [-0.1, -0.05) is 0 Å².